The lowest BCUT2D eigenvalue weighted by Crippen LogP contribution is -2.51. The van der Waals surface area contributed by atoms with Crippen molar-refractivity contribution in [1.29, 1.82) is 5.26 Å². The van der Waals surface area contributed by atoms with Gasteiger partial charge in [0.15, 0.2) is 0 Å². The van der Waals surface area contributed by atoms with Crippen molar-refractivity contribution >= 4 is 31.9 Å². The van der Waals surface area contributed by atoms with Crippen LogP contribution in [0.15, 0.2) is 45.3 Å². The van der Waals surface area contributed by atoms with Crippen LogP contribution in [0.4, 0.5) is 0 Å². The first-order valence-electron chi connectivity index (χ1n) is 9.32. The molecule has 0 spiro atoms. The summed E-state index contributed by atoms with van der Waals surface area (Å²) in [6.07, 6.45) is -0.0997. The molecular formula is C21H21Br2N3O2. The van der Waals surface area contributed by atoms with Crippen LogP contribution in [0.25, 0.3) is 0 Å². The molecule has 1 N–H and O–H groups in total. The van der Waals surface area contributed by atoms with Crippen molar-refractivity contribution in [3.63, 3.8) is 0 Å². The molecule has 0 aliphatic carbocycles. The minimum atomic E-state index is -0.0997. The number of benzene rings is 2. The zero-order valence-corrected chi connectivity index (χ0v) is 18.5. The van der Waals surface area contributed by atoms with Gasteiger partial charge in [0.1, 0.15) is 18.5 Å². The van der Waals surface area contributed by atoms with Gasteiger partial charge in [0, 0.05) is 40.7 Å². The summed E-state index contributed by atoms with van der Waals surface area (Å²) in [6.45, 7) is 4.81. The van der Waals surface area contributed by atoms with E-state index in [1.807, 2.05) is 24.3 Å². The Morgan fingerprint density at radius 3 is 2.61 bits per heavy atom. The van der Waals surface area contributed by atoms with Gasteiger partial charge in [-0.15, -0.1) is 0 Å². The van der Waals surface area contributed by atoms with E-state index in [1.54, 1.807) is 0 Å². The fourth-order valence-electron chi connectivity index (χ4n) is 3.87. The van der Waals surface area contributed by atoms with Crippen LogP contribution >= 0.6 is 31.9 Å². The molecule has 0 bridgehead atoms. The first-order chi connectivity index (χ1) is 13.6. The number of nitrogens with zero attached hydrogens (tertiary/aromatic N) is 2. The molecule has 7 heteroatoms. The van der Waals surface area contributed by atoms with Gasteiger partial charge in [-0.3, -0.25) is 4.90 Å². The van der Waals surface area contributed by atoms with Gasteiger partial charge in [0.2, 0.25) is 0 Å². The molecule has 2 heterocycles. The number of fused-ring (bicyclic) bond motifs is 1. The highest BCUT2D eigenvalue weighted by atomic mass is 79.9. The third-order valence-electron chi connectivity index (χ3n) is 5.14. The number of hydrogen-bond acceptors (Lipinski definition) is 5. The summed E-state index contributed by atoms with van der Waals surface area (Å²) in [5, 5.41) is 12.8. The second-order valence-electron chi connectivity index (χ2n) is 7.03. The molecule has 0 radical (unpaired) electrons. The van der Waals surface area contributed by atoms with Crippen molar-refractivity contribution in [2.45, 2.75) is 18.8 Å². The molecule has 0 saturated carbocycles. The Bertz CT molecular complexity index is 873. The summed E-state index contributed by atoms with van der Waals surface area (Å²) in [5.74, 6) is 0.854. The summed E-state index contributed by atoms with van der Waals surface area (Å²) in [7, 11) is 0. The minimum absolute atomic E-state index is 0.0785. The third kappa shape index (κ3) is 4.42. The minimum Gasteiger partial charge on any atom is -0.490 e. The lowest BCUT2D eigenvalue weighted by atomic mass is 9.94. The Morgan fingerprint density at radius 1 is 1.14 bits per heavy atom. The molecular weight excluding hydrogens is 486 g/mol. The van der Waals surface area contributed by atoms with Gasteiger partial charge in [0.25, 0.3) is 0 Å². The standard InChI is InChI=1S/C21H21Br2N3O2/c22-16-7-15(8-17(23)10-16)12-27-20-13-28-19-2-1-14(11-24)9-18(19)21(20)26-5-3-25-4-6-26/h1-2,7-10,20-21,25H,3-6,12-13H2. The predicted molar refractivity (Wildman–Crippen MR) is 114 cm³/mol. The van der Waals surface area contributed by atoms with E-state index in [1.165, 1.54) is 0 Å². The second-order valence-corrected chi connectivity index (χ2v) is 8.86. The molecule has 0 amide bonds. The van der Waals surface area contributed by atoms with Crippen molar-refractivity contribution < 1.29 is 9.47 Å². The molecule has 4 rings (SSSR count). The molecule has 28 heavy (non-hydrogen) atoms. The highest BCUT2D eigenvalue weighted by molar-refractivity contribution is 9.11. The Kier molecular flexibility index (Phi) is 6.34. The van der Waals surface area contributed by atoms with Gasteiger partial charge in [-0.1, -0.05) is 31.9 Å². The number of nitrogens with one attached hydrogen (secondary N) is 1. The van der Waals surface area contributed by atoms with E-state index in [-0.39, 0.29) is 12.1 Å². The van der Waals surface area contributed by atoms with Crippen molar-refractivity contribution in [2.75, 3.05) is 32.8 Å². The molecule has 5 nitrogen and oxygen atoms in total. The first kappa shape index (κ1) is 19.9. The van der Waals surface area contributed by atoms with Crippen molar-refractivity contribution in [3.8, 4) is 11.8 Å². The maximum Gasteiger partial charge on any atom is 0.124 e. The number of halogens is 2. The normalized spacial score (nSPS) is 22.2. The number of hydrogen-bond donors (Lipinski definition) is 1. The number of nitriles is 1. The summed E-state index contributed by atoms with van der Waals surface area (Å²) in [5.41, 5.74) is 2.79. The first-order valence-corrected chi connectivity index (χ1v) is 10.9. The lowest BCUT2D eigenvalue weighted by molar-refractivity contribution is -0.0617. The van der Waals surface area contributed by atoms with E-state index < -0.39 is 0 Å². The summed E-state index contributed by atoms with van der Waals surface area (Å²) < 4.78 is 14.4. The van der Waals surface area contributed by atoms with E-state index in [2.05, 4.69) is 60.3 Å². The fraction of sp³-hybridized carbons (Fsp3) is 0.381. The van der Waals surface area contributed by atoms with Crippen molar-refractivity contribution in [1.82, 2.24) is 10.2 Å². The number of piperazine rings is 1. The van der Waals surface area contributed by atoms with Gasteiger partial charge >= 0.3 is 0 Å². The summed E-state index contributed by atoms with van der Waals surface area (Å²) in [4.78, 5) is 2.44. The molecule has 2 atom stereocenters. The van der Waals surface area contributed by atoms with Gasteiger partial charge < -0.3 is 14.8 Å². The highest BCUT2D eigenvalue weighted by Gasteiger charge is 2.36. The van der Waals surface area contributed by atoms with Crippen LogP contribution < -0.4 is 10.1 Å². The average molecular weight is 507 g/mol. The molecule has 2 aromatic carbocycles. The SMILES string of the molecule is N#Cc1ccc2c(c1)C(N1CCNCC1)C(OCc1cc(Br)cc(Br)c1)CO2. The molecule has 1 fully saturated rings. The van der Waals surface area contributed by atoms with Gasteiger partial charge in [-0.25, -0.2) is 0 Å². The maximum atomic E-state index is 9.35. The fourth-order valence-corrected chi connectivity index (χ4v) is 5.26. The van der Waals surface area contributed by atoms with E-state index in [9.17, 15) is 5.26 Å². The van der Waals surface area contributed by atoms with Crippen molar-refractivity contribution in [3.05, 3.63) is 62.0 Å². The molecule has 146 valence electrons. The zero-order valence-electron chi connectivity index (χ0n) is 15.3. The maximum absolute atomic E-state index is 9.35. The lowest BCUT2D eigenvalue weighted by Gasteiger charge is -2.42. The Labute approximate surface area is 181 Å². The summed E-state index contributed by atoms with van der Waals surface area (Å²) in [6, 6.07) is 14.1. The van der Waals surface area contributed by atoms with Crippen LogP contribution in [0.5, 0.6) is 5.75 Å². The average Bonchev–Trinajstić information content (AvgIpc) is 2.71. The molecule has 2 aromatic rings. The Hall–Kier alpha value is -1.43. The molecule has 2 aliphatic rings. The smallest absolute Gasteiger partial charge is 0.124 e. The second kappa shape index (κ2) is 8.93. The third-order valence-corrected chi connectivity index (χ3v) is 6.06. The molecule has 2 aliphatic heterocycles. The predicted octanol–water partition coefficient (Wildman–Crippen LogP) is 4.01. The van der Waals surface area contributed by atoms with E-state index in [0.29, 0.717) is 18.8 Å². The van der Waals surface area contributed by atoms with Crippen LogP contribution in [0.2, 0.25) is 0 Å². The Morgan fingerprint density at radius 2 is 1.89 bits per heavy atom. The van der Waals surface area contributed by atoms with Gasteiger partial charge in [0.05, 0.1) is 24.3 Å². The number of ether oxygens (including phenoxy) is 2. The van der Waals surface area contributed by atoms with E-state index >= 15 is 0 Å². The van der Waals surface area contributed by atoms with Gasteiger partial charge in [-0.2, -0.15) is 5.26 Å². The van der Waals surface area contributed by atoms with Crippen LogP contribution in [-0.4, -0.2) is 43.8 Å². The zero-order chi connectivity index (χ0) is 19.5. The Balaban J connectivity index is 1.60. The number of rotatable bonds is 4. The van der Waals surface area contributed by atoms with Crippen LogP contribution in [0.3, 0.4) is 0 Å². The van der Waals surface area contributed by atoms with Gasteiger partial charge in [-0.05, 0) is 42.0 Å². The molecule has 1 saturated heterocycles. The topological polar surface area (TPSA) is 57.5 Å². The largest absolute Gasteiger partial charge is 0.490 e. The summed E-state index contributed by atoms with van der Waals surface area (Å²) >= 11 is 7.07. The molecule has 2 unspecified atom stereocenters. The van der Waals surface area contributed by atoms with Crippen LogP contribution in [0, 0.1) is 11.3 Å². The monoisotopic (exact) mass is 505 g/mol. The van der Waals surface area contributed by atoms with E-state index in [4.69, 9.17) is 9.47 Å². The quantitative estimate of drug-likeness (QED) is 0.679. The highest BCUT2D eigenvalue weighted by Crippen LogP contribution is 2.38. The van der Waals surface area contributed by atoms with Crippen LogP contribution in [0.1, 0.15) is 22.7 Å². The van der Waals surface area contributed by atoms with Crippen molar-refractivity contribution in [2.24, 2.45) is 0 Å². The molecule has 0 aromatic heterocycles. The van der Waals surface area contributed by atoms with Crippen LogP contribution in [-0.2, 0) is 11.3 Å². The van der Waals surface area contributed by atoms with E-state index in [0.717, 1.165) is 52.0 Å².